The van der Waals surface area contributed by atoms with Gasteiger partial charge in [-0.15, -0.1) is 0 Å². The third-order valence-electron chi connectivity index (χ3n) is 3.90. The second-order valence-electron chi connectivity index (χ2n) is 5.62. The SMILES string of the molecule is CCS(=O)(=O)NCCCN1CC[C@H](C)C[C@@H]1[C@@H](C)O. The lowest BCUT2D eigenvalue weighted by molar-refractivity contribution is 0.0208. The normalized spacial score (nSPS) is 27.4. The maximum Gasteiger partial charge on any atom is 0.211 e. The van der Waals surface area contributed by atoms with Crippen LogP contribution >= 0.6 is 0 Å². The number of hydrogen-bond donors (Lipinski definition) is 2. The van der Waals surface area contributed by atoms with E-state index in [-0.39, 0.29) is 17.9 Å². The van der Waals surface area contributed by atoms with Gasteiger partial charge in [-0.1, -0.05) is 6.92 Å². The van der Waals surface area contributed by atoms with Crippen LogP contribution in [0.2, 0.25) is 0 Å². The Hall–Kier alpha value is -0.170. The lowest BCUT2D eigenvalue weighted by atomic mass is 9.90. The van der Waals surface area contributed by atoms with Gasteiger partial charge in [0.05, 0.1) is 11.9 Å². The molecule has 0 aromatic heterocycles. The Labute approximate surface area is 117 Å². The first-order chi connectivity index (χ1) is 8.85. The van der Waals surface area contributed by atoms with Crippen LogP contribution in [0, 0.1) is 5.92 Å². The third-order valence-corrected chi connectivity index (χ3v) is 5.31. The lowest BCUT2D eigenvalue weighted by Crippen LogP contribution is -2.48. The summed E-state index contributed by atoms with van der Waals surface area (Å²) in [5, 5.41) is 9.84. The molecule has 1 aliphatic rings. The molecule has 1 saturated heterocycles. The van der Waals surface area contributed by atoms with E-state index >= 15 is 0 Å². The van der Waals surface area contributed by atoms with Crippen molar-refractivity contribution in [3.8, 4) is 0 Å². The van der Waals surface area contributed by atoms with Gasteiger partial charge in [0.2, 0.25) is 10.0 Å². The maximum absolute atomic E-state index is 11.3. The van der Waals surface area contributed by atoms with Crippen molar-refractivity contribution in [2.75, 3.05) is 25.4 Å². The minimum Gasteiger partial charge on any atom is -0.392 e. The molecule has 0 unspecified atom stereocenters. The van der Waals surface area contributed by atoms with Crippen LogP contribution in [0.5, 0.6) is 0 Å². The molecule has 0 bridgehead atoms. The van der Waals surface area contributed by atoms with Crippen molar-refractivity contribution in [2.45, 2.75) is 52.2 Å². The van der Waals surface area contributed by atoms with Gasteiger partial charge in [0.1, 0.15) is 0 Å². The molecule has 0 radical (unpaired) electrons. The van der Waals surface area contributed by atoms with Gasteiger partial charge in [-0.25, -0.2) is 13.1 Å². The van der Waals surface area contributed by atoms with E-state index in [1.54, 1.807) is 6.92 Å². The summed E-state index contributed by atoms with van der Waals surface area (Å²) >= 11 is 0. The molecule has 1 aliphatic heterocycles. The number of nitrogens with zero attached hydrogens (tertiary/aromatic N) is 1. The molecule has 5 nitrogen and oxygen atoms in total. The number of nitrogens with one attached hydrogen (secondary N) is 1. The zero-order chi connectivity index (χ0) is 14.5. The molecule has 19 heavy (non-hydrogen) atoms. The first-order valence-electron chi connectivity index (χ1n) is 7.25. The van der Waals surface area contributed by atoms with Gasteiger partial charge in [-0.2, -0.15) is 0 Å². The van der Waals surface area contributed by atoms with E-state index in [1.165, 1.54) is 0 Å². The van der Waals surface area contributed by atoms with Crippen LogP contribution in [0.1, 0.15) is 40.0 Å². The first-order valence-corrected chi connectivity index (χ1v) is 8.90. The number of rotatable bonds is 7. The molecule has 0 aromatic carbocycles. The molecule has 6 heteroatoms. The molecule has 1 fully saturated rings. The Morgan fingerprint density at radius 2 is 2.16 bits per heavy atom. The molecule has 1 heterocycles. The highest BCUT2D eigenvalue weighted by Gasteiger charge is 2.29. The molecule has 0 amide bonds. The van der Waals surface area contributed by atoms with Crippen LogP contribution < -0.4 is 4.72 Å². The Bertz CT molecular complexity index is 357. The number of piperidine rings is 1. The molecule has 1 rings (SSSR count). The standard InChI is InChI=1S/C13H28N2O3S/c1-4-19(17,18)14-7-5-8-15-9-6-11(2)10-13(15)12(3)16/h11-14,16H,4-10H2,1-3H3/t11-,12+,13+/m0/s1. The lowest BCUT2D eigenvalue weighted by Gasteiger charge is -2.40. The molecule has 2 N–H and O–H groups in total. The summed E-state index contributed by atoms with van der Waals surface area (Å²) in [6, 6.07) is 0.214. The smallest absolute Gasteiger partial charge is 0.211 e. The molecule has 3 atom stereocenters. The fourth-order valence-electron chi connectivity index (χ4n) is 2.62. The summed E-state index contributed by atoms with van der Waals surface area (Å²) in [4.78, 5) is 2.30. The highest BCUT2D eigenvalue weighted by atomic mass is 32.2. The fraction of sp³-hybridized carbons (Fsp3) is 1.00. The Morgan fingerprint density at radius 3 is 2.74 bits per heavy atom. The Morgan fingerprint density at radius 1 is 1.47 bits per heavy atom. The number of aliphatic hydroxyl groups excluding tert-OH is 1. The van der Waals surface area contributed by atoms with Crippen LogP contribution in [-0.2, 0) is 10.0 Å². The highest BCUT2D eigenvalue weighted by molar-refractivity contribution is 7.89. The van der Waals surface area contributed by atoms with Gasteiger partial charge < -0.3 is 5.11 Å². The topological polar surface area (TPSA) is 69.6 Å². The summed E-state index contributed by atoms with van der Waals surface area (Å²) in [6.45, 7) is 8.02. The molecule has 0 aliphatic carbocycles. The zero-order valence-electron chi connectivity index (χ0n) is 12.3. The van der Waals surface area contributed by atoms with Crippen LogP contribution in [0.25, 0.3) is 0 Å². The van der Waals surface area contributed by atoms with Crippen molar-refractivity contribution < 1.29 is 13.5 Å². The minimum absolute atomic E-state index is 0.129. The van der Waals surface area contributed by atoms with E-state index in [4.69, 9.17) is 0 Å². The van der Waals surface area contributed by atoms with Crippen molar-refractivity contribution in [2.24, 2.45) is 5.92 Å². The van der Waals surface area contributed by atoms with Crippen molar-refractivity contribution in [1.29, 1.82) is 0 Å². The van der Waals surface area contributed by atoms with Gasteiger partial charge in [0, 0.05) is 12.6 Å². The second-order valence-corrected chi connectivity index (χ2v) is 7.72. The number of aliphatic hydroxyl groups is 1. The van der Waals surface area contributed by atoms with Crippen molar-refractivity contribution in [3.05, 3.63) is 0 Å². The van der Waals surface area contributed by atoms with Crippen LogP contribution in [0.3, 0.4) is 0 Å². The summed E-state index contributed by atoms with van der Waals surface area (Å²) in [6.07, 6.45) is 2.65. The van der Waals surface area contributed by atoms with Crippen LogP contribution in [0.4, 0.5) is 0 Å². The molecule has 0 spiro atoms. The predicted molar refractivity (Wildman–Crippen MR) is 77.5 cm³/mol. The quantitative estimate of drug-likeness (QED) is 0.681. The van der Waals surface area contributed by atoms with Crippen molar-refractivity contribution >= 4 is 10.0 Å². The second kappa shape index (κ2) is 7.57. The van der Waals surface area contributed by atoms with Crippen LogP contribution in [0.15, 0.2) is 0 Å². The van der Waals surface area contributed by atoms with E-state index in [9.17, 15) is 13.5 Å². The summed E-state index contributed by atoms with van der Waals surface area (Å²) < 4.78 is 25.2. The van der Waals surface area contributed by atoms with Gasteiger partial charge in [0.25, 0.3) is 0 Å². The van der Waals surface area contributed by atoms with Gasteiger partial charge in [0.15, 0.2) is 0 Å². The van der Waals surface area contributed by atoms with Crippen molar-refractivity contribution in [1.82, 2.24) is 9.62 Å². The summed E-state index contributed by atoms with van der Waals surface area (Å²) in [7, 11) is -3.08. The largest absolute Gasteiger partial charge is 0.392 e. The van der Waals surface area contributed by atoms with E-state index in [2.05, 4.69) is 16.5 Å². The first kappa shape index (κ1) is 16.9. The Kier molecular flexibility index (Phi) is 6.73. The van der Waals surface area contributed by atoms with Gasteiger partial charge in [-0.05, 0) is 52.1 Å². The van der Waals surface area contributed by atoms with Gasteiger partial charge in [-0.3, -0.25) is 4.90 Å². The molecule has 114 valence electrons. The van der Waals surface area contributed by atoms with Crippen molar-refractivity contribution in [3.63, 3.8) is 0 Å². The fourth-order valence-corrected chi connectivity index (χ4v) is 3.28. The maximum atomic E-state index is 11.3. The van der Waals surface area contributed by atoms with E-state index in [1.807, 2.05) is 6.92 Å². The van der Waals surface area contributed by atoms with Crippen LogP contribution in [-0.4, -0.2) is 56.0 Å². The van der Waals surface area contributed by atoms with E-state index in [0.29, 0.717) is 12.5 Å². The average molecular weight is 292 g/mol. The summed E-state index contributed by atoms with van der Waals surface area (Å²) in [5.74, 6) is 0.791. The highest BCUT2D eigenvalue weighted by Crippen LogP contribution is 2.24. The average Bonchev–Trinajstić information content (AvgIpc) is 2.36. The molecular weight excluding hydrogens is 264 g/mol. The number of sulfonamides is 1. The zero-order valence-corrected chi connectivity index (χ0v) is 13.1. The summed E-state index contributed by atoms with van der Waals surface area (Å²) in [5.41, 5.74) is 0. The number of likely N-dealkylation sites (tertiary alicyclic amines) is 1. The Balaban J connectivity index is 2.35. The minimum atomic E-state index is -3.08. The number of hydrogen-bond acceptors (Lipinski definition) is 4. The molecule has 0 saturated carbocycles. The third kappa shape index (κ3) is 5.77. The molecular formula is C13H28N2O3S. The predicted octanol–water partition coefficient (Wildman–Crippen LogP) is 0.797. The van der Waals surface area contributed by atoms with E-state index in [0.717, 1.165) is 32.4 Å². The molecule has 0 aromatic rings. The van der Waals surface area contributed by atoms with E-state index < -0.39 is 10.0 Å². The van der Waals surface area contributed by atoms with Gasteiger partial charge >= 0.3 is 0 Å². The monoisotopic (exact) mass is 292 g/mol.